The second kappa shape index (κ2) is 6.50. The Morgan fingerprint density at radius 3 is 2.83 bits per heavy atom. The highest BCUT2D eigenvalue weighted by atomic mass is 35.5. The molecule has 18 heavy (non-hydrogen) atoms. The lowest BCUT2D eigenvalue weighted by Crippen LogP contribution is -2.29. The van der Waals surface area contributed by atoms with Gasteiger partial charge in [-0.25, -0.2) is 4.39 Å². The summed E-state index contributed by atoms with van der Waals surface area (Å²) in [5.41, 5.74) is 7.82. The van der Waals surface area contributed by atoms with Crippen LogP contribution in [-0.4, -0.2) is 24.0 Å². The van der Waals surface area contributed by atoms with E-state index in [0.717, 1.165) is 30.6 Å². The normalized spacial score (nSPS) is 21.7. The van der Waals surface area contributed by atoms with Crippen molar-refractivity contribution < 1.29 is 4.39 Å². The minimum Gasteiger partial charge on any atom is -0.328 e. The minimum atomic E-state index is -0.0974. The number of halogens is 2. The van der Waals surface area contributed by atoms with Crippen molar-refractivity contribution >= 4 is 12.4 Å². The van der Waals surface area contributed by atoms with Gasteiger partial charge in [-0.15, -0.1) is 12.4 Å². The molecule has 1 aromatic rings. The van der Waals surface area contributed by atoms with Gasteiger partial charge in [-0.1, -0.05) is 17.7 Å². The van der Waals surface area contributed by atoms with Crippen molar-refractivity contribution in [3.8, 4) is 0 Å². The van der Waals surface area contributed by atoms with Gasteiger partial charge in [-0.2, -0.15) is 0 Å². The van der Waals surface area contributed by atoms with Gasteiger partial charge < -0.3 is 5.73 Å². The number of likely N-dealkylation sites (tertiary alicyclic amines) is 1. The summed E-state index contributed by atoms with van der Waals surface area (Å²) < 4.78 is 13.6. The van der Waals surface area contributed by atoms with Gasteiger partial charge in [0.1, 0.15) is 5.82 Å². The van der Waals surface area contributed by atoms with Crippen LogP contribution in [0.2, 0.25) is 0 Å². The van der Waals surface area contributed by atoms with Gasteiger partial charge in [0.2, 0.25) is 0 Å². The molecule has 0 radical (unpaired) electrons. The zero-order valence-electron chi connectivity index (χ0n) is 11.0. The first kappa shape index (κ1) is 15.4. The number of hydrogen-bond donors (Lipinski definition) is 1. The summed E-state index contributed by atoms with van der Waals surface area (Å²) in [5, 5.41) is 0. The predicted molar refractivity (Wildman–Crippen MR) is 75.4 cm³/mol. The number of nitrogens with two attached hydrogens (primary N) is 1. The lowest BCUT2D eigenvalue weighted by molar-refractivity contribution is 0.304. The van der Waals surface area contributed by atoms with E-state index in [1.54, 1.807) is 6.07 Å². The molecule has 102 valence electrons. The van der Waals surface area contributed by atoms with Crippen molar-refractivity contribution in [3.05, 3.63) is 35.1 Å². The Morgan fingerprint density at radius 1 is 1.50 bits per heavy atom. The minimum absolute atomic E-state index is 0. The summed E-state index contributed by atoms with van der Waals surface area (Å²) in [6.45, 7) is 6.78. The van der Waals surface area contributed by atoms with Gasteiger partial charge in [0, 0.05) is 24.7 Å². The quantitative estimate of drug-likeness (QED) is 0.917. The first-order chi connectivity index (χ1) is 8.06. The van der Waals surface area contributed by atoms with Crippen LogP contribution in [0.15, 0.2) is 18.2 Å². The first-order valence-corrected chi connectivity index (χ1v) is 6.29. The van der Waals surface area contributed by atoms with Crippen molar-refractivity contribution in [2.24, 2.45) is 11.7 Å². The second-order valence-electron chi connectivity index (χ2n) is 5.24. The molecule has 2 nitrogen and oxygen atoms in total. The Labute approximate surface area is 115 Å². The maximum atomic E-state index is 13.6. The number of benzene rings is 1. The molecule has 0 spiro atoms. The summed E-state index contributed by atoms with van der Waals surface area (Å²) in [5.74, 6) is 0.461. The third kappa shape index (κ3) is 3.67. The van der Waals surface area contributed by atoms with E-state index in [4.69, 9.17) is 5.73 Å². The molecule has 2 rings (SSSR count). The average Bonchev–Trinajstić information content (AvgIpc) is 2.72. The molecular formula is C14H22ClFN2. The fourth-order valence-electron chi connectivity index (χ4n) is 2.50. The van der Waals surface area contributed by atoms with Crippen LogP contribution in [-0.2, 0) is 6.54 Å². The number of rotatable bonds is 3. The smallest absolute Gasteiger partial charge is 0.127 e. The second-order valence-corrected chi connectivity index (χ2v) is 5.24. The standard InChI is InChI=1S/C14H21FN2.ClH/c1-10-3-4-14(15)13(7-10)9-17-6-5-12(8-17)11(2)16;/h3-4,7,11-12H,5-6,8-9,16H2,1-2H3;1H. The summed E-state index contributed by atoms with van der Waals surface area (Å²) in [6, 6.07) is 5.55. The first-order valence-electron chi connectivity index (χ1n) is 6.29. The van der Waals surface area contributed by atoms with Crippen LogP contribution in [0.1, 0.15) is 24.5 Å². The summed E-state index contributed by atoms with van der Waals surface area (Å²) in [6.07, 6.45) is 1.13. The molecule has 0 aliphatic carbocycles. The number of aryl methyl sites for hydroxylation is 1. The van der Waals surface area contributed by atoms with Crippen LogP contribution in [0.25, 0.3) is 0 Å². The van der Waals surface area contributed by atoms with Crippen LogP contribution in [0.4, 0.5) is 4.39 Å². The Hall–Kier alpha value is -0.640. The largest absolute Gasteiger partial charge is 0.328 e. The molecule has 1 aliphatic rings. The van der Waals surface area contributed by atoms with E-state index in [1.165, 1.54) is 0 Å². The summed E-state index contributed by atoms with van der Waals surface area (Å²) in [4.78, 5) is 2.30. The van der Waals surface area contributed by atoms with E-state index in [9.17, 15) is 4.39 Å². The van der Waals surface area contributed by atoms with Crippen LogP contribution >= 0.6 is 12.4 Å². The average molecular weight is 273 g/mol. The third-order valence-electron chi connectivity index (χ3n) is 3.65. The molecule has 0 aromatic heterocycles. The molecule has 0 amide bonds. The van der Waals surface area contributed by atoms with Gasteiger partial charge in [-0.05, 0) is 38.8 Å². The van der Waals surface area contributed by atoms with E-state index >= 15 is 0 Å². The predicted octanol–water partition coefficient (Wildman–Crippen LogP) is 2.73. The molecule has 1 aliphatic heterocycles. The van der Waals surface area contributed by atoms with Crippen molar-refractivity contribution in [2.75, 3.05) is 13.1 Å². The molecule has 0 saturated carbocycles. The highest BCUT2D eigenvalue weighted by Crippen LogP contribution is 2.22. The van der Waals surface area contributed by atoms with Gasteiger partial charge in [-0.3, -0.25) is 4.90 Å². The van der Waals surface area contributed by atoms with Crippen LogP contribution in [0, 0.1) is 18.7 Å². The molecule has 1 heterocycles. The van der Waals surface area contributed by atoms with Crippen molar-refractivity contribution in [1.29, 1.82) is 0 Å². The topological polar surface area (TPSA) is 29.3 Å². The summed E-state index contributed by atoms with van der Waals surface area (Å²) >= 11 is 0. The summed E-state index contributed by atoms with van der Waals surface area (Å²) in [7, 11) is 0. The van der Waals surface area contributed by atoms with Crippen LogP contribution in [0.5, 0.6) is 0 Å². The van der Waals surface area contributed by atoms with Gasteiger partial charge in [0.25, 0.3) is 0 Å². The van der Waals surface area contributed by atoms with E-state index in [1.807, 2.05) is 19.1 Å². The van der Waals surface area contributed by atoms with Gasteiger partial charge in [0.05, 0.1) is 0 Å². The number of hydrogen-bond acceptors (Lipinski definition) is 2. The Morgan fingerprint density at radius 2 is 2.22 bits per heavy atom. The molecule has 1 saturated heterocycles. The van der Waals surface area contributed by atoms with E-state index in [-0.39, 0.29) is 24.3 Å². The SMILES string of the molecule is Cc1ccc(F)c(CN2CCC(C(C)N)C2)c1.Cl. The fourth-order valence-corrected chi connectivity index (χ4v) is 2.50. The molecule has 2 atom stereocenters. The maximum absolute atomic E-state index is 13.6. The van der Waals surface area contributed by atoms with Crippen molar-refractivity contribution in [3.63, 3.8) is 0 Å². The van der Waals surface area contributed by atoms with Gasteiger partial charge >= 0.3 is 0 Å². The number of nitrogens with zero attached hydrogens (tertiary/aromatic N) is 1. The molecule has 2 unspecified atom stereocenters. The fraction of sp³-hybridized carbons (Fsp3) is 0.571. The van der Waals surface area contributed by atoms with Crippen LogP contribution < -0.4 is 5.73 Å². The molecule has 1 aromatic carbocycles. The van der Waals surface area contributed by atoms with Crippen molar-refractivity contribution in [2.45, 2.75) is 32.9 Å². The Bertz CT molecular complexity index is 395. The highest BCUT2D eigenvalue weighted by Gasteiger charge is 2.25. The van der Waals surface area contributed by atoms with E-state index < -0.39 is 0 Å². The molecule has 0 bridgehead atoms. The third-order valence-corrected chi connectivity index (χ3v) is 3.65. The zero-order chi connectivity index (χ0) is 12.4. The maximum Gasteiger partial charge on any atom is 0.127 e. The molecule has 4 heteroatoms. The highest BCUT2D eigenvalue weighted by molar-refractivity contribution is 5.85. The molecule has 2 N–H and O–H groups in total. The van der Waals surface area contributed by atoms with Crippen LogP contribution in [0.3, 0.4) is 0 Å². The molecular weight excluding hydrogens is 251 g/mol. The van der Waals surface area contributed by atoms with E-state index in [2.05, 4.69) is 11.8 Å². The zero-order valence-corrected chi connectivity index (χ0v) is 11.8. The van der Waals surface area contributed by atoms with Crippen molar-refractivity contribution in [1.82, 2.24) is 4.90 Å². The lowest BCUT2D eigenvalue weighted by Gasteiger charge is -2.18. The lowest BCUT2D eigenvalue weighted by atomic mass is 10.0. The molecule has 1 fully saturated rings. The Balaban J connectivity index is 0.00000162. The van der Waals surface area contributed by atoms with Gasteiger partial charge in [0.15, 0.2) is 0 Å². The monoisotopic (exact) mass is 272 g/mol. The Kier molecular flexibility index (Phi) is 5.57. The van der Waals surface area contributed by atoms with E-state index in [0.29, 0.717) is 12.5 Å².